The minimum Gasteiger partial charge on any atom is -0.497 e. The van der Waals surface area contributed by atoms with Crippen LogP contribution in [0.15, 0.2) is 36.4 Å². The molecule has 0 unspecified atom stereocenters. The van der Waals surface area contributed by atoms with Gasteiger partial charge >= 0.3 is 0 Å². The minimum atomic E-state index is -0.333. The van der Waals surface area contributed by atoms with Gasteiger partial charge in [-0.2, -0.15) is 0 Å². The van der Waals surface area contributed by atoms with Gasteiger partial charge in [0, 0.05) is 10.6 Å². The third-order valence-electron chi connectivity index (χ3n) is 2.59. The normalized spacial score (nSPS) is 10.2. The fourth-order valence-corrected chi connectivity index (χ4v) is 1.91. The van der Waals surface area contributed by atoms with Gasteiger partial charge in [0.05, 0.1) is 14.2 Å². The number of ether oxygens (including phenoxy) is 2. The van der Waals surface area contributed by atoms with Gasteiger partial charge < -0.3 is 9.47 Å². The average Bonchev–Trinajstić information content (AvgIpc) is 2.38. The molecule has 18 heavy (non-hydrogen) atoms. The van der Waals surface area contributed by atoms with Gasteiger partial charge in [0.1, 0.15) is 17.3 Å². The molecule has 2 rings (SSSR count). The van der Waals surface area contributed by atoms with E-state index in [1.165, 1.54) is 20.3 Å². The molecule has 0 spiro atoms. The van der Waals surface area contributed by atoms with Crippen molar-refractivity contribution in [1.29, 1.82) is 0 Å². The van der Waals surface area contributed by atoms with Gasteiger partial charge in [-0.3, -0.25) is 0 Å². The molecule has 0 fully saturated rings. The molecule has 0 saturated heterocycles. The van der Waals surface area contributed by atoms with Crippen LogP contribution in [0.2, 0.25) is 5.02 Å². The van der Waals surface area contributed by atoms with Crippen molar-refractivity contribution in [3.8, 4) is 22.6 Å². The summed E-state index contributed by atoms with van der Waals surface area (Å²) in [4.78, 5) is 0. The van der Waals surface area contributed by atoms with Crippen LogP contribution in [0.4, 0.5) is 4.39 Å². The molecule has 0 aliphatic rings. The first-order valence-corrected chi connectivity index (χ1v) is 5.70. The van der Waals surface area contributed by atoms with Crippen molar-refractivity contribution in [1.82, 2.24) is 0 Å². The Morgan fingerprint density at radius 1 is 0.944 bits per heavy atom. The summed E-state index contributed by atoms with van der Waals surface area (Å²) in [5, 5.41) is 0.492. The maximum atomic E-state index is 13.8. The van der Waals surface area contributed by atoms with Crippen molar-refractivity contribution in [2.45, 2.75) is 0 Å². The summed E-state index contributed by atoms with van der Waals surface area (Å²) in [6.07, 6.45) is 0. The topological polar surface area (TPSA) is 18.5 Å². The molecular weight excluding hydrogens is 255 g/mol. The predicted octanol–water partition coefficient (Wildman–Crippen LogP) is 4.16. The van der Waals surface area contributed by atoms with Crippen molar-refractivity contribution in [2.75, 3.05) is 14.2 Å². The van der Waals surface area contributed by atoms with Gasteiger partial charge in [-0.05, 0) is 42.0 Å². The van der Waals surface area contributed by atoms with E-state index in [4.69, 9.17) is 21.1 Å². The molecule has 2 aromatic rings. The molecule has 0 saturated carbocycles. The molecule has 0 bridgehead atoms. The number of methoxy groups -OCH3 is 2. The summed E-state index contributed by atoms with van der Waals surface area (Å²) < 4.78 is 24.0. The quantitative estimate of drug-likeness (QED) is 0.830. The zero-order valence-corrected chi connectivity index (χ0v) is 10.8. The maximum absolute atomic E-state index is 13.8. The molecule has 0 aromatic heterocycles. The third kappa shape index (κ3) is 2.57. The fourth-order valence-electron chi connectivity index (χ4n) is 1.69. The first-order valence-electron chi connectivity index (χ1n) is 5.32. The third-order valence-corrected chi connectivity index (χ3v) is 2.81. The monoisotopic (exact) mass is 266 g/mol. The molecule has 0 atom stereocenters. The van der Waals surface area contributed by atoms with Crippen LogP contribution < -0.4 is 9.47 Å². The van der Waals surface area contributed by atoms with E-state index >= 15 is 0 Å². The van der Waals surface area contributed by atoms with Crippen molar-refractivity contribution in [2.24, 2.45) is 0 Å². The van der Waals surface area contributed by atoms with E-state index in [1.807, 2.05) is 0 Å². The van der Waals surface area contributed by atoms with Crippen LogP contribution >= 0.6 is 11.6 Å². The van der Waals surface area contributed by atoms with Gasteiger partial charge in [-0.1, -0.05) is 11.6 Å². The summed E-state index contributed by atoms with van der Waals surface area (Å²) in [6.45, 7) is 0. The summed E-state index contributed by atoms with van der Waals surface area (Å²) in [5.74, 6) is 0.838. The average molecular weight is 267 g/mol. The Hall–Kier alpha value is -1.74. The molecule has 0 radical (unpaired) electrons. The Kier molecular flexibility index (Phi) is 3.72. The van der Waals surface area contributed by atoms with E-state index in [0.717, 1.165) is 0 Å². The van der Waals surface area contributed by atoms with Crippen LogP contribution in [0.5, 0.6) is 11.5 Å². The molecule has 0 heterocycles. The van der Waals surface area contributed by atoms with Crippen LogP contribution in [-0.2, 0) is 0 Å². The molecule has 0 aliphatic heterocycles. The van der Waals surface area contributed by atoms with Crippen molar-refractivity contribution >= 4 is 11.6 Å². The lowest BCUT2D eigenvalue weighted by Crippen LogP contribution is -1.90. The Bertz CT molecular complexity index is 570. The molecular formula is C14H12ClFO2. The lowest BCUT2D eigenvalue weighted by atomic mass is 10.0. The number of halogens is 2. The zero-order valence-electron chi connectivity index (χ0n) is 10.0. The molecule has 2 aromatic carbocycles. The highest BCUT2D eigenvalue weighted by Gasteiger charge is 2.09. The molecule has 4 heteroatoms. The number of benzene rings is 2. The van der Waals surface area contributed by atoms with Crippen molar-refractivity contribution in [3.63, 3.8) is 0 Å². The second-order valence-electron chi connectivity index (χ2n) is 3.73. The zero-order chi connectivity index (χ0) is 13.1. The molecule has 0 aliphatic carbocycles. The van der Waals surface area contributed by atoms with Crippen molar-refractivity contribution in [3.05, 3.63) is 47.2 Å². The highest BCUT2D eigenvalue weighted by molar-refractivity contribution is 6.31. The molecule has 0 amide bonds. The first-order chi connectivity index (χ1) is 8.63. The summed E-state index contributed by atoms with van der Waals surface area (Å²) >= 11 is 5.97. The molecule has 0 N–H and O–H groups in total. The van der Waals surface area contributed by atoms with Crippen molar-refractivity contribution < 1.29 is 13.9 Å². The van der Waals surface area contributed by atoms with Gasteiger partial charge in [0.25, 0.3) is 0 Å². The number of rotatable bonds is 3. The van der Waals surface area contributed by atoms with Gasteiger partial charge in [0.2, 0.25) is 0 Å². The SMILES string of the molecule is COc1cc(Cl)cc(-c2cc(OC)ccc2F)c1. The summed E-state index contributed by atoms with van der Waals surface area (Å²) in [5.41, 5.74) is 1.07. The molecule has 94 valence electrons. The van der Waals surface area contributed by atoms with E-state index in [2.05, 4.69) is 0 Å². The van der Waals surface area contributed by atoms with Crippen LogP contribution in [0, 0.1) is 5.82 Å². The van der Waals surface area contributed by atoms with E-state index in [9.17, 15) is 4.39 Å². The predicted molar refractivity (Wildman–Crippen MR) is 70.0 cm³/mol. The van der Waals surface area contributed by atoms with Crippen LogP contribution in [0.25, 0.3) is 11.1 Å². The Labute approximate surface area is 110 Å². The largest absolute Gasteiger partial charge is 0.497 e. The number of hydrogen-bond acceptors (Lipinski definition) is 2. The van der Waals surface area contributed by atoms with E-state index in [0.29, 0.717) is 27.6 Å². The van der Waals surface area contributed by atoms with Crippen LogP contribution in [0.1, 0.15) is 0 Å². The highest BCUT2D eigenvalue weighted by atomic mass is 35.5. The second-order valence-corrected chi connectivity index (χ2v) is 4.16. The van der Waals surface area contributed by atoms with E-state index in [-0.39, 0.29) is 5.82 Å². The van der Waals surface area contributed by atoms with Gasteiger partial charge in [-0.15, -0.1) is 0 Å². The van der Waals surface area contributed by atoms with Gasteiger partial charge in [0.15, 0.2) is 0 Å². The fraction of sp³-hybridized carbons (Fsp3) is 0.143. The van der Waals surface area contributed by atoms with Gasteiger partial charge in [-0.25, -0.2) is 4.39 Å². The Morgan fingerprint density at radius 3 is 2.33 bits per heavy atom. The van der Waals surface area contributed by atoms with E-state index in [1.54, 1.807) is 30.3 Å². The Morgan fingerprint density at radius 2 is 1.67 bits per heavy atom. The first kappa shape index (κ1) is 12.7. The summed E-state index contributed by atoms with van der Waals surface area (Å²) in [6, 6.07) is 9.64. The van der Waals surface area contributed by atoms with Crippen LogP contribution in [-0.4, -0.2) is 14.2 Å². The lowest BCUT2D eigenvalue weighted by Gasteiger charge is -2.09. The van der Waals surface area contributed by atoms with E-state index < -0.39 is 0 Å². The van der Waals surface area contributed by atoms with Crippen LogP contribution in [0.3, 0.4) is 0 Å². The Balaban J connectivity index is 2.56. The maximum Gasteiger partial charge on any atom is 0.131 e. The summed E-state index contributed by atoms with van der Waals surface area (Å²) in [7, 11) is 3.08. The smallest absolute Gasteiger partial charge is 0.131 e. The number of hydrogen-bond donors (Lipinski definition) is 0. The highest BCUT2D eigenvalue weighted by Crippen LogP contribution is 2.32. The minimum absolute atomic E-state index is 0.333. The lowest BCUT2D eigenvalue weighted by molar-refractivity contribution is 0.413. The second kappa shape index (κ2) is 5.27. The standard InChI is InChI=1S/C14H12ClFO2/c1-17-11-3-4-14(16)13(8-11)9-5-10(15)7-12(6-9)18-2/h3-8H,1-2H3. The molecule has 2 nitrogen and oxygen atoms in total.